The van der Waals surface area contributed by atoms with Crippen molar-refractivity contribution in [1.82, 2.24) is 5.16 Å². The summed E-state index contributed by atoms with van der Waals surface area (Å²) in [5.74, 6) is 1.19. The van der Waals surface area contributed by atoms with Gasteiger partial charge in [0.15, 0.2) is 11.5 Å². The van der Waals surface area contributed by atoms with E-state index in [1.54, 1.807) is 18.0 Å². The molecule has 0 N–H and O–H groups in total. The van der Waals surface area contributed by atoms with Gasteiger partial charge in [-0.2, -0.15) is 0 Å². The van der Waals surface area contributed by atoms with Crippen molar-refractivity contribution >= 4 is 17.5 Å². The molecule has 0 amide bonds. The zero-order chi connectivity index (χ0) is 14.3. The van der Waals surface area contributed by atoms with Crippen molar-refractivity contribution in [1.29, 1.82) is 0 Å². The molecular formula is C16H17NO2S. The molecule has 1 aliphatic carbocycles. The molecule has 0 unspecified atom stereocenters. The molecule has 1 saturated carbocycles. The Bertz CT molecular complexity index is 671. The summed E-state index contributed by atoms with van der Waals surface area (Å²) < 4.78 is 5.27. The van der Waals surface area contributed by atoms with E-state index in [9.17, 15) is 4.79 Å². The van der Waals surface area contributed by atoms with Crippen LogP contribution in [0.2, 0.25) is 0 Å². The summed E-state index contributed by atoms with van der Waals surface area (Å²) in [5.41, 5.74) is 3.61. The highest BCUT2D eigenvalue weighted by atomic mass is 32.2. The minimum atomic E-state index is 0.0291. The van der Waals surface area contributed by atoms with Crippen molar-refractivity contribution in [3.8, 4) is 0 Å². The Kier molecular flexibility index (Phi) is 3.42. The number of hydrogen-bond acceptors (Lipinski definition) is 4. The number of rotatable bonds is 4. The molecule has 0 spiro atoms. The normalized spacial score (nSPS) is 14.6. The molecule has 0 saturated heterocycles. The standard InChI is InChI=1S/C16H17NO2S/c1-9-10(2)14(20-3)7-6-12(9)15(18)13-8-17-19-16(13)11-4-5-11/h6-8,11H,4-5H2,1-3H3. The molecule has 1 aromatic heterocycles. The maximum Gasteiger partial charge on any atom is 0.198 e. The van der Waals surface area contributed by atoms with Crippen LogP contribution in [0.5, 0.6) is 0 Å². The van der Waals surface area contributed by atoms with Crippen LogP contribution in [0.1, 0.15) is 51.6 Å². The first kappa shape index (κ1) is 13.4. The van der Waals surface area contributed by atoms with Crippen LogP contribution >= 0.6 is 11.8 Å². The average molecular weight is 287 g/mol. The van der Waals surface area contributed by atoms with Gasteiger partial charge in [-0.15, -0.1) is 11.8 Å². The third-order valence-corrected chi connectivity index (χ3v) is 4.88. The highest BCUT2D eigenvalue weighted by Crippen LogP contribution is 2.42. The van der Waals surface area contributed by atoms with Crippen LogP contribution in [0.15, 0.2) is 27.7 Å². The molecule has 2 aromatic rings. The van der Waals surface area contributed by atoms with E-state index in [0.29, 0.717) is 11.5 Å². The van der Waals surface area contributed by atoms with Gasteiger partial charge in [-0.3, -0.25) is 4.79 Å². The SMILES string of the molecule is CSc1ccc(C(=O)c2cnoc2C2CC2)c(C)c1C. The molecule has 0 aliphatic heterocycles. The van der Waals surface area contributed by atoms with Gasteiger partial charge in [-0.25, -0.2) is 0 Å². The van der Waals surface area contributed by atoms with E-state index in [2.05, 4.69) is 18.3 Å². The van der Waals surface area contributed by atoms with E-state index in [0.717, 1.165) is 29.7 Å². The fourth-order valence-corrected chi connectivity index (χ4v) is 3.13. The molecule has 0 atom stereocenters. The topological polar surface area (TPSA) is 43.1 Å². The average Bonchev–Trinajstić information content (AvgIpc) is 3.18. The molecule has 3 nitrogen and oxygen atoms in total. The van der Waals surface area contributed by atoms with E-state index in [1.165, 1.54) is 10.5 Å². The molecule has 0 bridgehead atoms. The summed E-state index contributed by atoms with van der Waals surface area (Å²) in [4.78, 5) is 13.9. The zero-order valence-corrected chi connectivity index (χ0v) is 12.7. The molecule has 1 aromatic carbocycles. The van der Waals surface area contributed by atoms with Crippen LogP contribution in [0.25, 0.3) is 0 Å². The van der Waals surface area contributed by atoms with E-state index >= 15 is 0 Å². The Hall–Kier alpha value is -1.55. The van der Waals surface area contributed by atoms with Crippen LogP contribution < -0.4 is 0 Å². The van der Waals surface area contributed by atoms with Crippen LogP contribution in [0.3, 0.4) is 0 Å². The summed E-state index contributed by atoms with van der Waals surface area (Å²) in [7, 11) is 0. The molecule has 104 valence electrons. The van der Waals surface area contributed by atoms with Gasteiger partial charge in [0.25, 0.3) is 0 Å². The van der Waals surface area contributed by atoms with E-state index in [-0.39, 0.29) is 5.78 Å². The van der Waals surface area contributed by atoms with E-state index < -0.39 is 0 Å². The van der Waals surface area contributed by atoms with Gasteiger partial charge in [0, 0.05) is 16.4 Å². The molecule has 3 rings (SSSR count). The van der Waals surface area contributed by atoms with Gasteiger partial charge >= 0.3 is 0 Å². The highest BCUT2D eigenvalue weighted by Gasteiger charge is 2.33. The van der Waals surface area contributed by atoms with Crippen LogP contribution in [-0.2, 0) is 0 Å². The monoisotopic (exact) mass is 287 g/mol. The number of hydrogen-bond donors (Lipinski definition) is 0. The number of nitrogens with zero attached hydrogens (tertiary/aromatic N) is 1. The molecule has 4 heteroatoms. The Morgan fingerprint density at radius 2 is 2.00 bits per heavy atom. The number of carbonyl (C=O) groups excluding carboxylic acids is 1. The molecule has 0 radical (unpaired) electrons. The van der Waals surface area contributed by atoms with Gasteiger partial charge in [-0.05, 0) is 56.2 Å². The van der Waals surface area contributed by atoms with Crippen LogP contribution in [-0.4, -0.2) is 17.2 Å². The van der Waals surface area contributed by atoms with Gasteiger partial charge < -0.3 is 4.52 Å². The second kappa shape index (κ2) is 5.09. The van der Waals surface area contributed by atoms with Crippen molar-refractivity contribution in [3.05, 3.63) is 46.3 Å². The van der Waals surface area contributed by atoms with Crippen molar-refractivity contribution in [3.63, 3.8) is 0 Å². The second-order valence-corrected chi connectivity index (χ2v) is 6.12. The first-order chi connectivity index (χ1) is 9.63. The maximum atomic E-state index is 12.7. The molecule has 1 aliphatic rings. The van der Waals surface area contributed by atoms with Crippen molar-refractivity contribution in [2.24, 2.45) is 0 Å². The van der Waals surface area contributed by atoms with Crippen LogP contribution in [0.4, 0.5) is 0 Å². The third-order valence-electron chi connectivity index (χ3n) is 3.99. The Balaban J connectivity index is 2.02. The van der Waals surface area contributed by atoms with Crippen molar-refractivity contribution in [2.75, 3.05) is 6.26 Å². The lowest BCUT2D eigenvalue weighted by Crippen LogP contribution is -2.06. The zero-order valence-electron chi connectivity index (χ0n) is 11.9. The number of thioether (sulfide) groups is 1. The smallest absolute Gasteiger partial charge is 0.198 e. The van der Waals surface area contributed by atoms with Gasteiger partial charge in [0.1, 0.15) is 0 Å². The van der Waals surface area contributed by atoms with Gasteiger partial charge in [0.05, 0.1) is 11.8 Å². The summed E-state index contributed by atoms with van der Waals surface area (Å²) in [6.07, 6.45) is 5.81. The minimum Gasteiger partial charge on any atom is -0.360 e. The first-order valence-electron chi connectivity index (χ1n) is 6.77. The predicted molar refractivity (Wildman–Crippen MR) is 79.6 cm³/mol. The fraction of sp³-hybridized carbons (Fsp3) is 0.375. The quantitative estimate of drug-likeness (QED) is 0.626. The number of benzene rings is 1. The van der Waals surface area contributed by atoms with Crippen molar-refractivity contribution in [2.45, 2.75) is 37.5 Å². The Morgan fingerprint density at radius 3 is 2.65 bits per heavy atom. The van der Waals surface area contributed by atoms with E-state index in [4.69, 9.17) is 4.52 Å². The molecule has 1 fully saturated rings. The minimum absolute atomic E-state index is 0.0291. The lowest BCUT2D eigenvalue weighted by atomic mass is 9.96. The Labute approximate surface area is 122 Å². The number of ketones is 1. The maximum absolute atomic E-state index is 12.7. The number of carbonyl (C=O) groups is 1. The van der Waals surface area contributed by atoms with Crippen molar-refractivity contribution < 1.29 is 9.32 Å². The molecule has 1 heterocycles. The lowest BCUT2D eigenvalue weighted by Gasteiger charge is -2.11. The number of aromatic nitrogens is 1. The fourth-order valence-electron chi connectivity index (χ4n) is 2.47. The van der Waals surface area contributed by atoms with Gasteiger partial charge in [-0.1, -0.05) is 5.16 Å². The first-order valence-corrected chi connectivity index (χ1v) is 7.99. The summed E-state index contributed by atoms with van der Waals surface area (Å²) in [6.45, 7) is 4.07. The predicted octanol–water partition coefficient (Wildman–Crippen LogP) is 4.12. The summed E-state index contributed by atoms with van der Waals surface area (Å²) >= 11 is 1.70. The lowest BCUT2D eigenvalue weighted by molar-refractivity contribution is 0.103. The molecule has 20 heavy (non-hydrogen) atoms. The highest BCUT2D eigenvalue weighted by molar-refractivity contribution is 7.98. The Morgan fingerprint density at radius 1 is 1.25 bits per heavy atom. The summed E-state index contributed by atoms with van der Waals surface area (Å²) in [6, 6.07) is 3.94. The van der Waals surface area contributed by atoms with E-state index in [1.807, 2.05) is 19.1 Å². The third kappa shape index (κ3) is 2.18. The van der Waals surface area contributed by atoms with Crippen LogP contribution in [0, 0.1) is 13.8 Å². The molecular weight excluding hydrogens is 270 g/mol. The second-order valence-electron chi connectivity index (χ2n) is 5.27. The summed E-state index contributed by atoms with van der Waals surface area (Å²) in [5, 5.41) is 3.82. The largest absolute Gasteiger partial charge is 0.360 e. The van der Waals surface area contributed by atoms with Gasteiger partial charge in [0.2, 0.25) is 0 Å².